The number of amides is 2. The van der Waals surface area contributed by atoms with Crippen molar-refractivity contribution in [2.24, 2.45) is 4.99 Å². The number of nitrogens with one attached hydrogen (secondary N) is 1. The van der Waals surface area contributed by atoms with Crippen molar-refractivity contribution in [3.63, 3.8) is 0 Å². The number of aromatic nitrogens is 4. The van der Waals surface area contributed by atoms with Gasteiger partial charge in [0.15, 0.2) is 0 Å². The Morgan fingerprint density at radius 2 is 1.25 bits per heavy atom. The lowest BCUT2D eigenvalue weighted by atomic mass is 10.2. The molecule has 0 bridgehead atoms. The molecule has 0 aliphatic carbocycles. The number of hydrogen-bond acceptors (Lipinski definition) is 13. The Morgan fingerprint density at radius 3 is 1.66 bits per heavy atom. The third kappa shape index (κ3) is 14.0. The zero-order valence-electron chi connectivity index (χ0n) is 31.8. The first-order valence-corrected chi connectivity index (χ1v) is 22.0. The van der Waals surface area contributed by atoms with Crippen molar-refractivity contribution in [1.29, 1.82) is 0 Å². The van der Waals surface area contributed by atoms with Crippen LogP contribution in [-0.2, 0) is 9.53 Å². The third-order valence-electron chi connectivity index (χ3n) is 7.12. The Kier molecular flexibility index (Phi) is 20.2. The Bertz CT molecular complexity index is 1930. The Balaban J connectivity index is 0.000000367. The van der Waals surface area contributed by atoms with Gasteiger partial charge in [-0.2, -0.15) is 4.99 Å². The number of aliphatic imine (C=N–C) groups is 1. The predicted molar refractivity (Wildman–Crippen MR) is 226 cm³/mol. The molecule has 0 fully saturated rings. The van der Waals surface area contributed by atoms with Gasteiger partial charge in [0.2, 0.25) is 6.08 Å². The normalized spacial score (nSPS) is 10.4. The molecule has 56 heavy (non-hydrogen) atoms. The molecule has 0 radical (unpaired) electrons. The lowest BCUT2D eigenvalue weighted by Gasteiger charge is -2.30. The highest BCUT2D eigenvalue weighted by Gasteiger charge is 2.30. The molecule has 1 N–H and O–H groups in total. The van der Waals surface area contributed by atoms with Crippen molar-refractivity contribution >= 4 is 113 Å². The summed E-state index contributed by atoms with van der Waals surface area (Å²) in [6.45, 7) is 7.12. The van der Waals surface area contributed by atoms with Gasteiger partial charge in [-0.05, 0) is 6.04 Å². The molecule has 2 amide bonds. The molecule has 15 nitrogen and oxygen atoms in total. The number of methoxy groups -OCH3 is 4. The zero-order valence-corrected chi connectivity index (χ0v) is 37.4. The number of anilines is 3. The Hall–Kier alpha value is -3.83. The fourth-order valence-electron chi connectivity index (χ4n) is 4.13. The van der Waals surface area contributed by atoms with Gasteiger partial charge in [0.1, 0.15) is 90.1 Å². The molecule has 2 aromatic carbocycles. The van der Waals surface area contributed by atoms with E-state index in [1.807, 2.05) is 0 Å². The first-order chi connectivity index (χ1) is 26.5. The third-order valence-corrected chi connectivity index (χ3v) is 10.7. The van der Waals surface area contributed by atoms with E-state index in [1.54, 1.807) is 26.2 Å². The minimum atomic E-state index is -1.33. The van der Waals surface area contributed by atoms with Crippen molar-refractivity contribution in [3.05, 3.63) is 67.3 Å². The minimum Gasteiger partial charge on any atom is -0.495 e. The number of benzene rings is 2. The van der Waals surface area contributed by atoms with Gasteiger partial charge in [-0.15, -0.1) is 0 Å². The van der Waals surface area contributed by atoms with E-state index in [0.29, 0.717) is 40.6 Å². The van der Waals surface area contributed by atoms with E-state index in [4.69, 9.17) is 93.3 Å². The summed E-state index contributed by atoms with van der Waals surface area (Å²) in [5.41, 5.74) is 0.291. The number of carbonyl (C=O) groups is 1. The minimum absolute atomic E-state index is 0.0875. The van der Waals surface area contributed by atoms with E-state index in [-0.39, 0.29) is 43.3 Å². The number of halogens is 6. The highest BCUT2D eigenvalue weighted by molar-refractivity contribution is 6.76. The molecule has 2 heterocycles. The van der Waals surface area contributed by atoms with Gasteiger partial charge in [0, 0.05) is 53.0 Å². The average Bonchev–Trinajstić information content (AvgIpc) is 3.17. The van der Waals surface area contributed by atoms with Gasteiger partial charge >= 0.3 is 6.03 Å². The van der Waals surface area contributed by atoms with Crippen molar-refractivity contribution in [1.82, 2.24) is 19.9 Å². The van der Waals surface area contributed by atoms with Crippen LogP contribution < -0.4 is 34.1 Å². The summed E-state index contributed by atoms with van der Waals surface area (Å²) in [5, 5.41) is 4.07. The summed E-state index contributed by atoms with van der Waals surface area (Å²) in [6, 6.07) is 6.62. The van der Waals surface area contributed by atoms with Crippen molar-refractivity contribution in [3.8, 4) is 23.0 Å². The second-order valence-corrected chi connectivity index (χ2v) is 19.9. The van der Waals surface area contributed by atoms with Crippen molar-refractivity contribution in [2.45, 2.75) is 25.7 Å². The topological polar surface area (TPSA) is 163 Å². The number of ether oxygens (including phenoxy) is 5. The predicted octanol–water partition coefficient (Wildman–Crippen LogP) is 9.98. The van der Waals surface area contributed by atoms with Crippen LogP contribution in [0.15, 0.2) is 41.9 Å². The fourth-order valence-corrected chi connectivity index (χ4v) is 6.47. The van der Waals surface area contributed by atoms with Gasteiger partial charge in [-0.25, -0.2) is 29.5 Å². The van der Waals surface area contributed by atoms with E-state index >= 15 is 0 Å². The first kappa shape index (κ1) is 48.3. The summed E-state index contributed by atoms with van der Waals surface area (Å²) in [7, 11) is 7.79. The van der Waals surface area contributed by atoms with Crippen LogP contribution >= 0.6 is 69.6 Å². The summed E-state index contributed by atoms with van der Waals surface area (Å²) in [6.07, 6.45) is 4.04. The van der Waals surface area contributed by atoms with Gasteiger partial charge in [-0.3, -0.25) is 9.80 Å². The van der Waals surface area contributed by atoms with Crippen molar-refractivity contribution < 1.29 is 33.3 Å². The van der Waals surface area contributed by atoms with Crippen LogP contribution in [0.5, 0.6) is 23.0 Å². The van der Waals surface area contributed by atoms with E-state index in [1.165, 1.54) is 69.1 Å². The maximum absolute atomic E-state index is 13.5. The molecule has 0 spiro atoms. The smallest absolute Gasteiger partial charge is 0.331 e. The molecular formula is C34H40Cl6N8O7Si. The van der Waals surface area contributed by atoms with Crippen LogP contribution in [0.3, 0.4) is 0 Å². The van der Waals surface area contributed by atoms with Crippen LogP contribution in [0.2, 0.25) is 56.1 Å². The van der Waals surface area contributed by atoms with Crippen LogP contribution in [-0.4, -0.2) is 96.0 Å². The van der Waals surface area contributed by atoms with Crippen LogP contribution in [0.25, 0.3) is 0 Å². The maximum atomic E-state index is 13.5. The van der Waals surface area contributed by atoms with Gasteiger partial charge in [0.05, 0.1) is 34.1 Å². The largest absolute Gasteiger partial charge is 0.495 e. The molecule has 304 valence electrons. The number of nitrogens with zero attached hydrogens (tertiary/aromatic N) is 7. The summed E-state index contributed by atoms with van der Waals surface area (Å²) >= 11 is 36.4. The molecule has 0 aliphatic rings. The quantitative estimate of drug-likeness (QED) is 0.0338. The van der Waals surface area contributed by atoms with Gasteiger partial charge < -0.3 is 29.0 Å². The Labute approximate surface area is 356 Å². The monoisotopic (exact) mass is 910 g/mol. The van der Waals surface area contributed by atoms with Crippen LogP contribution in [0, 0.1) is 0 Å². The molecule has 0 aliphatic heterocycles. The molecule has 4 aromatic rings. The summed E-state index contributed by atoms with van der Waals surface area (Å²) in [5.74, 6) is 2.28. The van der Waals surface area contributed by atoms with Crippen molar-refractivity contribution in [2.75, 3.05) is 71.0 Å². The fraction of sp³-hybridized carbons (Fsp3) is 0.353. The molecule has 0 saturated heterocycles. The standard InChI is InChI=1S/C20H27Cl3N4O4Si.C9H7Cl2NO3.C5H6ClN3/c1-26(16-10-15(21)24-11-25-16)20(28)27(12-31-7-8-32(4,5)6)19-17(22)13(29-2)9-14(30-3)18(19)23;1-14-5-3-6(15-2)8(11)9(7(5)10)12-4-13;1-7-5-2-4(6)8-3-9-5/h9-11H,7-8,12H2,1-6H3;3H,1-2H3;2-3H,1H3,(H,7,8,9). The molecule has 4 rings (SSSR count). The number of urea groups is 1. The van der Waals surface area contributed by atoms with E-state index in [0.717, 1.165) is 11.9 Å². The zero-order chi connectivity index (χ0) is 42.2. The molecule has 0 atom stereocenters. The highest BCUT2D eigenvalue weighted by Crippen LogP contribution is 2.47. The number of carbonyl (C=O) groups excluding carboxylic acids is 2. The number of rotatable bonds is 13. The second-order valence-electron chi connectivity index (χ2n) is 12.0. The lowest BCUT2D eigenvalue weighted by molar-refractivity contribution is 0.148. The average molecular weight is 914 g/mol. The summed E-state index contributed by atoms with van der Waals surface area (Å²) < 4.78 is 26.5. The summed E-state index contributed by atoms with van der Waals surface area (Å²) in [4.78, 5) is 45.2. The maximum Gasteiger partial charge on any atom is 0.331 e. The second kappa shape index (κ2) is 23.4. The van der Waals surface area contributed by atoms with E-state index < -0.39 is 14.1 Å². The number of isocyanates is 1. The SMILES string of the molecule is CNc1cc(Cl)ncn1.COc1cc(OC)c(Cl)c(N(COCC[Si](C)(C)C)C(=O)N(C)c2cc(Cl)ncn2)c1Cl.COc1cc(OC)c(Cl)c(N=C=O)c1Cl. The molecule has 0 unspecified atom stereocenters. The molecule has 2 aromatic heterocycles. The van der Waals surface area contributed by atoms with E-state index in [2.05, 4.69) is 49.9 Å². The van der Waals surface area contributed by atoms with Crippen LogP contribution in [0.4, 0.5) is 27.8 Å². The molecule has 0 saturated carbocycles. The lowest BCUT2D eigenvalue weighted by Crippen LogP contribution is -2.43. The molecular weight excluding hydrogens is 873 g/mol. The number of hydrogen-bond donors (Lipinski definition) is 1. The van der Waals surface area contributed by atoms with E-state index in [9.17, 15) is 9.59 Å². The molecule has 22 heteroatoms. The van der Waals surface area contributed by atoms with Crippen LogP contribution in [0.1, 0.15) is 0 Å². The van der Waals surface area contributed by atoms with Gasteiger partial charge in [-0.1, -0.05) is 89.2 Å². The first-order valence-electron chi connectivity index (χ1n) is 16.0. The van der Waals surface area contributed by atoms with Gasteiger partial charge in [0.25, 0.3) is 0 Å². The highest BCUT2D eigenvalue weighted by atomic mass is 35.5. The Morgan fingerprint density at radius 1 is 0.768 bits per heavy atom.